The highest BCUT2D eigenvalue weighted by Crippen LogP contribution is 2.33. The number of hydrogen-bond donors (Lipinski definition) is 1. The smallest absolute Gasteiger partial charge is 0.141 e. The molecular weight excluding hydrogens is 258 g/mol. The van der Waals surface area contributed by atoms with Gasteiger partial charge in [0, 0.05) is 6.04 Å². The van der Waals surface area contributed by atoms with Crippen LogP contribution < -0.4 is 10.1 Å². The maximum absolute atomic E-state index is 5.54. The average molecular weight is 289 g/mol. The molecular formula is C19H31NO. The van der Waals surface area contributed by atoms with E-state index in [2.05, 4.69) is 51.2 Å². The van der Waals surface area contributed by atoms with Crippen LogP contribution in [0.25, 0.3) is 0 Å². The summed E-state index contributed by atoms with van der Waals surface area (Å²) in [6.45, 7) is 9.15. The lowest BCUT2D eigenvalue weighted by Gasteiger charge is -2.24. The third-order valence-corrected chi connectivity index (χ3v) is 4.68. The maximum atomic E-state index is 5.54. The van der Waals surface area contributed by atoms with Gasteiger partial charge in [-0.25, -0.2) is 0 Å². The molecule has 0 bridgehead atoms. The first kappa shape index (κ1) is 16.2. The van der Waals surface area contributed by atoms with Gasteiger partial charge < -0.3 is 10.1 Å². The van der Waals surface area contributed by atoms with Gasteiger partial charge in [-0.1, -0.05) is 46.6 Å². The summed E-state index contributed by atoms with van der Waals surface area (Å²) in [5.74, 6) is 1.83. The number of benzene rings is 1. The Morgan fingerprint density at radius 2 is 1.86 bits per heavy atom. The minimum absolute atomic E-state index is 0.167. The van der Waals surface area contributed by atoms with E-state index in [9.17, 15) is 0 Å². The van der Waals surface area contributed by atoms with E-state index >= 15 is 0 Å². The zero-order valence-electron chi connectivity index (χ0n) is 14.3. The van der Waals surface area contributed by atoms with E-state index in [4.69, 9.17) is 4.74 Å². The molecule has 2 atom stereocenters. The minimum Gasteiger partial charge on any atom is -0.495 e. The van der Waals surface area contributed by atoms with Gasteiger partial charge in [0.2, 0.25) is 0 Å². The molecule has 2 rings (SSSR count). The number of ether oxygens (including phenoxy) is 1. The standard InChI is InChI=1S/C19H31NO/c1-14-7-6-8-16(11-9-14)20-17-13-15(19(2,3)4)10-12-18(17)21-5/h10,12-14,16,20H,6-9,11H2,1-5H3. The molecule has 0 radical (unpaired) electrons. The highest BCUT2D eigenvalue weighted by Gasteiger charge is 2.19. The van der Waals surface area contributed by atoms with E-state index < -0.39 is 0 Å². The Kier molecular flexibility index (Phi) is 5.18. The fraction of sp³-hybridized carbons (Fsp3) is 0.684. The summed E-state index contributed by atoms with van der Waals surface area (Å²) >= 11 is 0. The number of hydrogen-bond acceptors (Lipinski definition) is 2. The first-order chi connectivity index (χ1) is 9.90. The largest absolute Gasteiger partial charge is 0.495 e. The molecule has 1 aliphatic rings. The second-order valence-electron chi connectivity index (χ2n) is 7.62. The van der Waals surface area contributed by atoms with Crippen LogP contribution in [0.2, 0.25) is 0 Å². The highest BCUT2D eigenvalue weighted by molar-refractivity contribution is 5.59. The number of methoxy groups -OCH3 is 1. The van der Waals surface area contributed by atoms with Gasteiger partial charge >= 0.3 is 0 Å². The Morgan fingerprint density at radius 3 is 2.52 bits per heavy atom. The van der Waals surface area contributed by atoms with Gasteiger partial charge in [-0.2, -0.15) is 0 Å². The van der Waals surface area contributed by atoms with Crippen molar-refractivity contribution in [2.75, 3.05) is 12.4 Å². The molecule has 0 saturated heterocycles. The van der Waals surface area contributed by atoms with Crippen LogP contribution in [0.1, 0.15) is 65.4 Å². The topological polar surface area (TPSA) is 21.3 Å². The molecule has 1 fully saturated rings. The lowest BCUT2D eigenvalue weighted by molar-refractivity contribution is 0.415. The molecule has 1 aromatic rings. The van der Waals surface area contributed by atoms with E-state index in [1.165, 1.54) is 37.7 Å². The lowest BCUT2D eigenvalue weighted by atomic mass is 9.86. The Labute approximate surface area is 130 Å². The summed E-state index contributed by atoms with van der Waals surface area (Å²) in [7, 11) is 1.76. The van der Waals surface area contributed by atoms with Gasteiger partial charge in [0.15, 0.2) is 0 Å². The molecule has 1 N–H and O–H groups in total. The van der Waals surface area contributed by atoms with Crippen LogP contribution >= 0.6 is 0 Å². The van der Waals surface area contributed by atoms with Gasteiger partial charge in [0.25, 0.3) is 0 Å². The third kappa shape index (κ3) is 4.39. The van der Waals surface area contributed by atoms with Crippen molar-refractivity contribution in [2.24, 2.45) is 5.92 Å². The van der Waals surface area contributed by atoms with Crippen molar-refractivity contribution in [1.29, 1.82) is 0 Å². The SMILES string of the molecule is COc1ccc(C(C)(C)C)cc1NC1CCCC(C)CC1. The molecule has 118 valence electrons. The Bertz CT molecular complexity index is 461. The first-order valence-electron chi connectivity index (χ1n) is 8.35. The normalized spacial score (nSPS) is 23.5. The Balaban J connectivity index is 2.17. The van der Waals surface area contributed by atoms with Crippen molar-refractivity contribution >= 4 is 5.69 Å². The quantitative estimate of drug-likeness (QED) is 0.755. The van der Waals surface area contributed by atoms with Crippen molar-refractivity contribution in [3.05, 3.63) is 23.8 Å². The Morgan fingerprint density at radius 1 is 1.10 bits per heavy atom. The molecule has 0 aromatic heterocycles. The molecule has 1 saturated carbocycles. The van der Waals surface area contributed by atoms with Crippen LogP contribution in [-0.4, -0.2) is 13.2 Å². The number of anilines is 1. The van der Waals surface area contributed by atoms with Crippen LogP contribution in [0.5, 0.6) is 5.75 Å². The van der Waals surface area contributed by atoms with Crippen molar-refractivity contribution < 1.29 is 4.74 Å². The molecule has 0 heterocycles. The van der Waals surface area contributed by atoms with Crippen molar-refractivity contribution in [3.8, 4) is 5.75 Å². The predicted octanol–water partition coefficient (Wildman–Crippen LogP) is 5.37. The third-order valence-electron chi connectivity index (χ3n) is 4.68. The lowest BCUT2D eigenvalue weighted by Crippen LogP contribution is -2.20. The average Bonchev–Trinajstić information content (AvgIpc) is 2.63. The molecule has 0 amide bonds. The maximum Gasteiger partial charge on any atom is 0.141 e. The van der Waals surface area contributed by atoms with Crippen LogP contribution in [-0.2, 0) is 5.41 Å². The van der Waals surface area contributed by atoms with Crippen molar-refractivity contribution in [2.45, 2.75) is 71.3 Å². The molecule has 0 spiro atoms. The van der Waals surface area contributed by atoms with Crippen LogP contribution in [0.4, 0.5) is 5.69 Å². The van der Waals surface area contributed by atoms with Crippen LogP contribution in [0.15, 0.2) is 18.2 Å². The van der Waals surface area contributed by atoms with Crippen molar-refractivity contribution in [1.82, 2.24) is 0 Å². The molecule has 1 aliphatic carbocycles. The summed E-state index contributed by atoms with van der Waals surface area (Å²) in [5, 5.41) is 3.75. The number of rotatable bonds is 3. The van der Waals surface area contributed by atoms with Gasteiger partial charge in [-0.15, -0.1) is 0 Å². The summed E-state index contributed by atoms with van der Waals surface area (Å²) in [6, 6.07) is 7.13. The minimum atomic E-state index is 0.167. The van der Waals surface area contributed by atoms with Crippen molar-refractivity contribution in [3.63, 3.8) is 0 Å². The van der Waals surface area contributed by atoms with E-state index in [1.54, 1.807) is 7.11 Å². The zero-order valence-corrected chi connectivity index (χ0v) is 14.3. The molecule has 2 nitrogen and oxygen atoms in total. The zero-order chi connectivity index (χ0) is 15.5. The summed E-state index contributed by atoms with van der Waals surface area (Å²) in [6.07, 6.45) is 6.58. The highest BCUT2D eigenvalue weighted by atomic mass is 16.5. The second-order valence-corrected chi connectivity index (χ2v) is 7.62. The molecule has 2 heteroatoms. The van der Waals surface area contributed by atoms with E-state index in [0.717, 1.165) is 17.4 Å². The molecule has 21 heavy (non-hydrogen) atoms. The molecule has 0 aliphatic heterocycles. The fourth-order valence-corrected chi connectivity index (χ4v) is 3.14. The molecule has 2 unspecified atom stereocenters. The van der Waals surface area contributed by atoms with E-state index in [-0.39, 0.29) is 5.41 Å². The van der Waals surface area contributed by atoms with Gasteiger partial charge in [-0.05, 0) is 48.3 Å². The summed E-state index contributed by atoms with van der Waals surface area (Å²) < 4.78 is 5.54. The number of nitrogens with one attached hydrogen (secondary N) is 1. The van der Waals surface area contributed by atoms with Crippen LogP contribution in [0.3, 0.4) is 0 Å². The fourth-order valence-electron chi connectivity index (χ4n) is 3.14. The van der Waals surface area contributed by atoms with Crippen LogP contribution in [0, 0.1) is 5.92 Å². The Hall–Kier alpha value is -1.18. The molecule has 1 aromatic carbocycles. The summed E-state index contributed by atoms with van der Waals surface area (Å²) in [5.41, 5.74) is 2.68. The van der Waals surface area contributed by atoms with Gasteiger partial charge in [0.1, 0.15) is 5.75 Å². The van der Waals surface area contributed by atoms with Gasteiger partial charge in [0.05, 0.1) is 12.8 Å². The monoisotopic (exact) mass is 289 g/mol. The first-order valence-corrected chi connectivity index (χ1v) is 8.35. The summed E-state index contributed by atoms with van der Waals surface area (Å²) in [4.78, 5) is 0. The second kappa shape index (κ2) is 6.72. The van der Waals surface area contributed by atoms with E-state index in [0.29, 0.717) is 6.04 Å². The predicted molar refractivity (Wildman–Crippen MR) is 91.4 cm³/mol. The van der Waals surface area contributed by atoms with Gasteiger partial charge in [-0.3, -0.25) is 0 Å². The van der Waals surface area contributed by atoms with E-state index in [1.807, 2.05) is 0 Å².